The molecule has 0 spiro atoms. The average molecular weight is 464 g/mol. The van der Waals surface area contributed by atoms with Crippen molar-refractivity contribution in [2.24, 2.45) is 4.99 Å². The molecule has 8 nitrogen and oxygen atoms in total. The summed E-state index contributed by atoms with van der Waals surface area (Å²) >= 11 is 0. The maximum absolute atomic E-state index is 13.3. The van der Waals surface area contributed by atoms with Crippen LogP contribution in [0.15, 0.2) is 41.7 Å². The SMILES string of the molecule is N#CC1(c2ccc(C=Nc3cc4cnn(CC(F)(F)C(F)(F)F)c4cn3)c([N+](=O)[O-])c2)CC1. The number of aliphatic imine (C=N–C) groups is 1. The minimum Gasteiger partial charge on any atom is -0.258 e. The minimum atomic E-state index is -5.72. The van der Waals surface area contributed by atoms with Gasteiger partial charge in [-0.25, -0.2) is 9.98 Å². The van der Waals surface area contributed by atoms with Gasteiger partial charge in [0.1, 0.15) is 6.54 Å². The van der Waals surface area contributed by atoms with Crippen LogP contribution < -0.4 is 0 Å². The molecule has 1 saturated carbocycles. The van der Waals surface area contributed by atoms with Crippen LogP contribution in [0, 0.1) is 21.4 Å². The molecule has 2 aromatic heterocycles. The molecule has 1 aliphatic rings. The molecule has 0 unspecified atom stereocenters. The molecule has 0 radical (unpaired) electrons. The lowest BCUT2D eigenvalue weighted by atomic mass is 9.96. The van der Waals surface area contributed by atoms with E-state index in [-0.39, 0.29) is 28.0 Å². The Labute approximate surface area is 182 Å². The van der Waals surface area contributed by atoms with Crippen molar-refractivity contribution >= 4 is 28.6 Å². The van der Waals surface area contributed by atoms with Gasteiger partial charge in [-0.1, -0.05) is 6.07 Å². The molecule has 1 aromatic carbocycles. The molecule has 33 heavy (non-hydrogen) atoms. The van der Waals surface area contributed by atoms with Gasteiger partial charge in [-0.05, 0) is 30.5 Å². The highest BCUT2D eigenvalue weighted by Gasteiger charge is 2.57. The standard InChI is InChI=1S/C20H13F5N6O2/c21-19(22,20(23,24)25)11-30-16-9-28-17(5-13(16)8-29-30)27-7-12-1-2-14(6-15(12)31(32)33)18(10-26)3-4-18/h1-2,5-9H,3-4,11H2. The Bertz CT molecular complexity index is 1320. The van der Waals surface area contributed by atoms with Crippen LogP contribution in [0.25, 0.3) is 10.9 Å². The van der Waals surface area contributed by atoms with Crippen molar-refractivity contribution in [3.05, 3.63) is 57.9 Å². The Morgan fingerprint density at radius 2 is 1.97 bits per heavy atom. The normalized spacial score (nSPS) is 15.6. The maximum atomic E-state index is 13.3. The van der Waals surface area contributed by atoms with E-state index in [0.717, 1.165) is 12.4 Å². The zero-order valence-corrected chi connectivity index (χ0v) is 16.6. The van der Waals surface area contributed by atoms with E-state index in [0.29, 0.717) is 23.1 Å². The first kappa shape index (κ1) is 22.3. The first-order valence-electron chi connectivity index (χ1n) is 9.46. The predicted molar refractivity (Wildman–Crippen MR) is 105 cm³/mol. The topological polar surface area (TPSA) is 110 Å². The van der Waals surface area contributed by atoms with Crippen molar-refractivity contribution < 1.29 is 26.9 Å². The molecule has 0 saturated heterocycles. The molecule has 0 aliphatic heterocycles. The van der Waals surface area contributed by atoms with Crippen LogP contribution in [0.5, 0.6) is 0 Å². The lowest BCUT2D eigenvalue weighted by Gasteiger charge is -2.19. The summed E-state index contributed by atoms with van der Waals surface area (Å²) in [5.74, 6) is -4.93. The monoisotopic (exact) mass is 464 g/mol. The summed E-state index contributed by atoms with van der Waals surface area (Å²) in [5, 5.41) is 24.5. The number of nitriles is 1. The second-order valence-corrected chi connectivity index (χ2v) is 7.59. The van der Waals surface area contributed by atoms with Crippen LogP contribution in [0.3, 0.4) is 0 Å². The Hall–Kier alpha value is -3.95. The molecular formula is C20H13F5N6O2. The van der Waals surface area contributed by atoms with Gasteiger partial charge in [0.15, 0.2) is 5.82 Å². The van der Waals surface area contributed by atoms with E-state index in [1.165, 1.54) is 24.4 Å². The number of nitro groups is 1. The van der Waals surface area contributed by atoms with Gasteiger partial charge in [-0.15, -0.1) is 0 Å². The largest absolute Gasteiger partial charge is 0.455 e. The molecular weight excluding hydrogens is 451 g/mol. The number of rotatable bonds is 6. The fraction of sp³-hybridized carbons (Fsp3) is 0.300. The summed E-state index contributed by atoms with van der Waals surface area (Å²) in [6, 6.07) is 7.88. The van der Waals surface area contributed by atoms with Crippen molar-refractivity contribution in [3.8, 4) is 6.07 Å². The van der Waals surface area contributed by atoms with Crippen molar-refractivity contribution in [1.29, 1.82) is 5.26 Å². The minimum absolute atomic E-state index is 0.0405. The van der Waals surface area contributed by atoms with Crippen LogP contribution >= 0.6 is 0 Å². The number of hydrogen-bond donors (Lipinski definition) is 0. The summed E-state index contributed by atoms with van der Waals surface area (Å²) in [7, 11) is 0. The number of benzene rings is 1. The van der Waals surface area contributed by atoms with Crippen molar-refractivity contribution in [2.75, 3.05) is 0 Å². The van der Waals surface area contributed by atoms with Crippen LogP contribution in [-0.2, 0) is 12.0 Å². The molecule has 170 valence electrons. The molecule has 3 aromatic rings. The highest BCUT2D eigenvalue weighted by molar-refractivity contribution is 5.88. The third-order valence-electron chi connectivity index (χ3n) is 5.36. The molecule has 0 bridgehead atoms. The number of fused-ring (bicyclic) bond motifs is 1. The summed E-state index contributed by atoms with van der Waals surface area (Å²) in [5.41, 5.74) is -0.298. The van der Waals surface area contributed by atoms with Gasteiger partial charge >= 0.3 is 12.1 Å². The Kier molecular flexibility index (Phi) is 5.11. The van der Waals surface area contributed by atoms with Gasteiger partial charge in [-0.2, -0.15) is 32.3 Å². The Balaban J connectivity index is 1.60. The molecule has 1 fully saturated rings. The average Bonchev–Trinajstić information content (AvgIpc) is 3.47. The first-order valence-corrected chi connectivity index (χ1v) is 9.46. The van der Waals surface area contributed by atoms with Crippen LogP contribution in [0.1, 0.15) is 24.0 Å². The molecule has 0 amide bonds. The molecule has 0 N–H and O–H groups in total. The van der Waals surface area contributed by atoms with Crippen LogP contribution in [0.2, 0.25) is 0 Å². The van der Waals surface area contributed by atoms with E-state index in [4.69, 9.17) is 0 Å². The fourth-order valence-electron chi connectivity index (χ4n) is 3.27. The van der Waals surface area contributed by atoms with Gasteiger partial charge in [0.2, 0.25) is 0 Å². The predicted octanol–water partition coefficient (Wildman–Crippen LogP) is 4.84. The van der Waals surface area contributed by atoms with E-state index < -0.39 is 29.0 Å². The number of halogens is 5. The van der Waals surface area contributed by atoms with E-state index in [9.17, 15) is 37.3 Å². The van der Waals surface area contributed by atoms with Gasteiger partial charge in [0.25, 0.3) is 5.69 Å². The third kappa shape index (κ3) is 4.11. The summed E-state index contributed by atoms with van der Waals surface area (Å²) in [6.45, 7) is -1.70. The molecule has 13 heteroatoms. The number of nitro benzene ring substituents is 1. The number of pyridine rings is 1. The first-order chi connectivity index (χ1) is 15.5. The maximum Gasteiger partial charge on any atom is 0.455 e. The van der Waals surface area contributed by atoms with E-state index in [1.54, 1.807) is 6.07 Å². The van der Waals surface area contributed by atoms with Crippen molar-refractivity contribution in [1.82, 2.24) is 14.8 Å². The molecule has 0 atom stereocenters. The van der Waals surface area contributed by atoms with E-state index >= 15 is 0 Å². The third-order valence-corrected chi connectivity index (χ3v) is 5.36. The van der Waals surface area contributed by atoms with Gasteiger partial charge in [-0.3, -0.25) is 14.8 Å². The van der Waals surface area contributed by atoms with Crippen molar-refractivity contribution in [3.63, 3.8) is 0 Å². The van der Waals surface area contributed by atoms with Gasteiger partial charge in [0, 0.05) is 17.7 Å². The second-order valence-electron chi connectivity index (χ2n) is 7.59. The number of nitrogens with zero attached hydrogens (tertiary/aromatic N) is 6. The second kappa shape index (κ2) is 7.58. The smallest absolute Gasteiger partial charge is 0.258 e. The molecule has 4 rings (SSSR count). The van der Waals surface area contributed by atoms with Crippen molar-refractivity contribution in [2.45, 2.75) is 36.9 Å². The highest BCUT2D eigenvalue weighted by Crippen LogP contribution is 2.48. The van der Waals surface area contributed by atoms with Crippen LogP contribution in [-0.4, -0.2) is 38.0 Å². The highest BCUT2D eigenvalue weighted by atomic mass is 19.4. The summed E-state index contributed by atoms with van der Waals surface area (Å²) < 4.78 is 64.6. The quantitative estimate of drug-likeness (QED) is 0.224. The van der Waals surface area contributed by atoms with Crippen LogP contribution in [0.4, 0.5) is 33.5 Å². The zero-order chi connectivity index (χ0) is 24.0. The number of hydrogen-bond acceptors (Lipinski definition) is 6. The zero-order valence-electron chi connectivity index (χ0n) is 16.6. The summed E-state index contributed by atoms with van der Waals surface area (Å²) in [6.07, 6.45) is -1.15. The fourth-order valence-corrected chi connectivity index (χ4v) is 3.27. The van der Waals surface area contributed by atoms with E-state index in [1.807, 2.05) is 0 Å². The molecule has 2 heterocycles. The van der Waals surface area contributed by atoms with E-state index in [2.05, 4.69) is 21.1 Å². The Morgan fingerprint density at radius 3 is 2.58 bits per heavy atom. The number of alkyl halides is 5. The lowest BCUT2D eigenvalue weighted by Crippen LogP contribution is -2.40. The number of aromatic nitrogens is 3. The Morgan fingerprint density at radius 1 is 1.24 bits per heavy atom. The van der Waals surface area contributed by atoms with Gasteiger partial charge in [0.05, 0.1) is 39.9 Å². The lowest BCUT2D eigenvalue weighted by molar-refractivity contribution is -0.385. The summed E-state index contributed by atoms with van der Waals surface area (Å²) in [4.78, 5) is 18.8. The molecule has 1 aliphatic carbocycles. The van der Waals surface area contributed by atoms with Gasteiger partial charge < -0.3 is 0 Å².